The van der Waals surface area contributed by atoms with Crippen LogP contribution in [0.2, 0.25) is 0 Å². The van der Waals surface area contributed by atoms with Gasteiger partial charge in [0.2, 0.25) is 5.16 Å². The van der Waals surface area contributed by atoms with E-state index in [0.717, 1.165) is 17.0 Å². The molecule has 0 fully saturated rings. The molecule has 0 N–H and O–H groups in total. The van der Waals surface area contributed by atoms with Crippen molar-refractivity contribution in [2.45, 2.75) is 19.0 Å². The average Bonchev–Trinajstić information content (AvgIpc) is 3.04. The number of thioether (sulfide) groups is 1. The summed E-state index contributed by atoms with van der Waals surface area (Å²) in [5, 5.41) is 4.94. The zero-order valence-corrected chi connectivity index (χ0v) is 14.8. The van der Waals surface area contributed by atoms with E-state index in [1.54, 1.807) is 17.6 Å². The first-order valence-electron chi connectivity index (χ1n) is 7.95. The molecule has 0 aliphatic carbocycles. The molecule has 0 amide bonds. The first-order valence-corrected chi connectivity index (χ1v) is 8.94. The Morgan fingerprint density at radius 1 is 1.20 bits per heavy atom. The molecule has 0 aliphatic rings. The number of hydrogen-bond donors (Lipinski definition) is 0. The summed E-state index contributed by atoms with van der Waals surface area (Å²) in [7, 11) is 0. The highest BCUT2D eigenvalue weighted by Gasteiger charge is 2.14. The van der Waals surface area contributed by atoms with Gasteiger partial charge in [-0.25, -0.2) is 4.98 Å². The molecule has 8 heteroatoms. The monoisotopic (exact) mass is 358 g/mol. The molecule has 0 spiro atoms. The smallest absolute Gasteiger partial charge is 0.316 e. The van der Waals surface area contributed by atoms with E-state index in [4.69, 9.17) is 9.47 Å². The van der Waals surface area contributed by atoms with Crippen LogP contribution in [0.5, 0.6) is 5.75 Å². The Morgan fingerprint density at radius 2 is 2.04 bits per heavy atom. The van der Waals surface area contributed by atoms with Crippen LogP contribution in [-0.2, 0) is 9.53 Å². The molecule has 2 heterocycles. The van der Waals surface area contributed by atoms with Crippen molar-refractivity contribution in [3.63, 3.8) is 0 Å². The first kappa shape index (κ1) is 17.2. The molecule has 3 aromatic rings. The van der Waals surface area contributed by atoms with Crippen LogP contribution in [0.4, 0.5) is 0 Å². The minimum atomic E-state index is -0.291. The maximum Gasteiger partial charge on any atom is 0.316 e. The Bertz CT molecular complexity index is 881. The third-order valence-corrected chi connectivity index (χ3v) is 4.12. The maximum absolute atomic E-state index is 11.5. The molecule has 2 aromatic heterocycles. The number of carbonyl (C=O) groups is 1. The highest BCUT2D eigenvalue weighted by molar-refractivity contribution is 7.99. The van der Waals surface area contributed by atoms with E-state index in [2.05, 4.69) is 15.1 Å². The molecule has 0 saturated heterocycles. The number of nitrogens with zero attached hydrogens (tertiary/aromatic N) is 4. The van der Waals surface area contributed by atoms with Crippen molar-refractivity contribution in [1.82, 2.24) is 19.6 Å². The SMILES string of the molecule is CCOC(=O)CSc1nc2nccc(-c3ccccc3OCC)n2n1. The standard InChI is InChI=1S/C17H18N4O3S/c1-3-23-14-8-6-5-7-12(14)13-9-10-18-16-19-17(20-21(13)16)25-11-15(22)24-4-2/h5-10H,3-4,11H2,1-2H3. The van der Waals surface area contributed by atoms with Gasteiger partial charge in [0.15, 0.2) is 0 Å². The van der Waals surface area contributed by atoms with Crippen LogP contribution in [0.3, 0.4) is 0 Å². The minimum absolute atomic E-state index is 0.162. The highest BCUT2D eigenvalue weighted by Crippen LogP contribution is 2.30. The van der Waals surface area contributed by atoms with Gasteiger partial charge in [0.25, 0.3) is 5.78 Å². The Morgan fingerprint density at radius 3 is 2.84 bits per heavy atom. The molecule has 25 heavy (non-hydrogen) atoms. The van der Waals surface area contributed by atoms with Crippen molar-refractivity contribution >= 4 is 23.5 Å². The van der Waals surface area contributed by atoms with E-state index in [-0.39, 0.29) is 11.7 Å². The first-order chi connectivity index (χ1) is 12.2. The molecule has 0 radical (unpaired) electrons. The molecule has 1 aromatic carbocycles. The predicted octanol–water partition coefficient (Wildman–Crippen LogP) is 2.85. The van der Waals surface area contributed by atoms with Crippen LogP contribution >= 0.6 is 11.8 Å². The van der Waals surface area contributed by atoms with Gasteiger partial charge in [-0.05, 0) is 32.0 Å². The Kier molecular flexibility index (Phi) is 5.49. The number of hydrogen-bond acceptors (Lipinski definition) is 7. The van der Waals surface area contributed by atoms with E-state index >= 15 is 0 Å². The van der Waals surface area contributed by atoms with Gasteiger partial charge in [-0.15, -0.1) is 5.10 Å². The second-order valence-corrected chi connectivity index (χ2v) is 5.90. The van der Waals surface area contributed by atoms with Gasteiger partial charge < -0.3 is 9.47 Å². The molecule has 0 unspecified atom stereocenters. The van der Waals surface area contributed by atoms with Crippen LogP contribution in [0.15, 0.2) is 41.7 Å². The van der Waals surface area contributed by atoms with Crippen molar-refractivity contribution < 1.29 is 14.3 Å². The predicted molar refractivity (Wildman–Crippen MR) is 94.7 cm³/mol. The van der Waals surface area contributed by atoms with Gasteiger partial charge >= 0.3 is 5.97 Å². The molecule has 3 rings (SSSR count). The van der Waals surface area contributed by atoms with Gasteiger partial charge in [-0.1, -0.05) is 23.9 Å². The Hall–Kier alpha value is -2.61. The number of fused-ring (bicyclic) bond motifs is 1. The fraction of sp³-hybridized carbons (Fsp3) is 0.294. The van der Waals surface area contributed by atoms with Crippen LogP contribution in [0.25, 0.3) is 17.0 Å². The molecular formula is C17H18N4O3S. The lowest BCUT2D eigenvalue weighted by Crippen LogP contribution is -2.06. The molecule has 130 valence electrons. The summed E-state index contributed by atoms with van der Waals surface area (Å²) in [6.45, 7) is 4.65. The second kappa shape index (κ2) is 7.98. The van der Waals surface area contributed by atoms with Crippen LogP contribution in [0, 0.1) is 0 Å². The summed E-state index contributed by atoms with van der Waals surface area (Å²) in [4.78, 5) is 20.1. The van der Waals surface area contributed by atoms with Gasteiger partial charge in [-0.3, -0.25) is 4.79 Å². The fourth-order valence-electron chi connectivity index (χ4n) is 2.33. The van der Waals surface area contributed by atoms with E-state index in [1.807, 2.05) is 37.3 Å². The van der Waals surface area contributed by atoms with Gasteiger partial charge in [-0.2, -0.15) is 9.50 Å². The zero-order chi connectivity index (χ0) is 17.6. The Balaban J connectivity index is 1.94. The topological polar surface area (TPSA) is 78.6 Å². The van der Waals surface area contributed by atoms with E-state index < -0.39 is 0 Å². The van der Waals surface area contributed by atoms with Crippen LogP contribution in [0.1, 0.15) is 13.8 Å². The number of aromatic nitrogens is 4. The molecule has 0 aliphatic heterocycles. The Labute approximate surface area is 149 Å². The van der Waals surface area contributed by atoms with Crippen molar-refractivity contribution in [1.29, 1.82) is 0 Å². The quantitative estimate of drug-likeness (QED) is 0.475. The van der Waals surface area contributed by atoms with Crippen molar-refractivity contribution in [2.75, 3.05) is 19.0 Å². The lowest BCUT2D eigenvalue weighted by atomic mass is 10.1. The second-order valence-electron chi connectivity index (χ2n) is 4.96. The maximum atomic E-state index is 11.5. The average molecular weight is 358 g/mol. The van der Waals surface area contributed by atoms with Crippen molar-refractivity contribution in [2.24, 2.45) is 0 Å². The van der Waals surface area contributed by atoms with Gasteiger partial charge in [0.1, 0.15) is 5.75 Å². The number of para-hydroxylation sites is 1. The summed E-state index contributed by atoms with van der Waals surface area (Å²) < 4.78 is 12.3. The summed E-state index contributed by atoms with van der Waals surface area (Å²) in [6.07, 6.45) is 1.68. The van der Waals surface area contributed by atoms with Crippen molar-refractivity contribution in [3.8, 4) is 17.0 Å². The lowest BCUT2D eigenvalue weighted by molar-refractivity contribution is -0.139. The number of ether oxygens (including phenoxy) is 2. The zero-order valence-electron chi connectivity index (χ0n) is 14.0. The molecule has 0 bridgehead atoms. The van der Waals surface area contributed by atoms with E-state index in [9.17, 15) is 4.79 Å². The number of benzene rings is 1. The van der Waals surface area contributed by atoms with Gasteiger partial charge in [0, 0.05) is 11.8 Å². The summed E-state index contributed by atoms with van der Waals surface area (Å²) in [5.74, 6) is 1.11. The fourth-order valence-corrected chi connectivity index (χ4v) is 2.94. The van der Waals surface area contributed by atoms with Crippen LogP contribution < -0.4 is 4.74 Å². The van der Waals surface area contributed by atoms with E-state index in [1.165, 1.54) is 11.8 Å². The molecule has 7 nitrogen and oxygen atoms in total. The highest BCUT2D eigenvalue weighted by atomic mass is 32.2. The molecule has 0 atom stereocenters. The van der Waals surface area contributed by atoms with Crippen LogP contribution in [-0.4, -0.2) is 44.5 Å². The summed E-state index contributed by atoms with van der Waals surface area (Å²) in [5.41, 5.74) is 1.73. The third-order valence-electron chi connectivity index (χ3n) is 3.31. The molecule has 0 saturated carbocycles. The van der Waals surface area contributed by atoms with E-state index in [0.29, 0.717) is 24.1 Å². The third kappa shape index (κ3) is 3.90. The number of esters is 1. The lowest BCUT2D eigenvalue weighted by Gasteiger charge is -2.10. The summed E-state index contributed by atoms with van der Waals surface area (Å²) >= 11 is 1.22. The number of rotatable bonds is 7. The van der Waals surface area contributed by atoms with Crippen molar-refractivity contribution in [3.05, 3.63) is 36.5 Å². The molecular weight excluding hydrogens is 340 g/mol. The summed E-state index contributed by atoms with van der Waals surface area (Å²) in [6, 6.07) is 9.61. The minimum Gasteiger partial charge on any atom is -0.493 e. The number of carbonyl (C=O) groups excluding carboxylic acids is 1. The van der Waals surface area contributed by atoms with Gasteiger partial charge in [0.05, 0.1) is 24.7 Å². The largest absolute Gasteiger partial charge is 0.493 e. The normalized spacial score (nSPS) is 10.8.